The maximum atomic E-state index is 10.6. The van der Waals surface area contributed by atoms with E-state index in [9.17, 15) is 4.57 Å². The minimum atomic E-state index is -1.91. The van der Waals surface area contributed by atoms with Gasteiger partial charge in [-0.15, -0.1) is 0 Å². The Kier molecular flexibility index (Phi) is 5.47. The summed E-state index contributed by atoms with van der Waals surface area (Å²) in [4.78, 5) is 0. The molecule has 0 N–H and O–H groups in total. The van der Waals surface area contributed by atoms with Crippen LogP contribution in [0.25, 0.3) is 0 Å². The lowest BCUT2D eigenvalue weighted by atomic mass is 10.2. The molecule has 1 heterocycles. The number of ether oxygens (including phenoxy) is 1. The molecule has 0 aromatic carbocycles. The molecule has 5 heteroatoms. The van der Waals surface area contributed by atoms with E-state index in [1.54, 1.807) is 0 Å². The summed E-state index contributed by atoms with van der Waals surface area (Å²) in [5.74, 6) is 0. The van der Waals surface area contributed by atoms with Gasteiger partial charge < -0.3 is 4.74 Å². The summed E-state index contributed by atoms with van der Waals surface area (Å²) in [6, 6.07) is 0. The van der Waals surface area contributed by atoms with Crippen molar-refractivity contribution in [3.8, 4) is 0 Å². The van der Waals surface area contributed by atoms with Gasteiger partial charge >= 0.3 is 8.25 Å². The average molecular weight is 207 g/mol. The van der Waals surface area contributed by atoms with E-state index >= 15 is 0 Å². The van der Waals surface area contributed by atoms with Crippen LogP contribution < -0.4 is 0 Å². The first-order valence-corrected chi connectivity index (χ1v) is 5.81. The van der Waals surface area contributed by atoms with Gasteiger partial charge in [-0.25, -0.2) is 9.09 Å². The van der Waals surface area contributed by atoms with Crippen molar-refractivity contribution < 1.29 is 18.3 Å². The Labute approximate surface area is 79.5 Å². The van der Waals surface area contributed by atoms with Gasteiger partial charge in [0.15, 0.2) is 6.29 Å². The second-order valence-electron chi connectivity index (χ2n) is 2.99. The van der Waals surface area contributed by atoms with Crippen molar-refractivity contribution >= 4 is 8.25 Å². The van der Waals surface area contributed by atoms with E-state index in [1.807, 2.05) is 0 Å². The zero-order chi connectivity index (χ0) is 9.52. The Balaban J connectivity index is 1.91. The fourth-order valence-corrected chi connectivity index (χ4v) is 1.72. The average Bonchev–Trinajstić information content (AvgIpc) is 2.51. The lowest BCUT2D eigenvalue weighted by molar-refractivity contribution is -0.0669. The largest absolute Gasteiger partial charge is 0.371 e. The number of unbranched alkanes of at least 4 members (excludes halogenated alkanes) is 3. The summed E-state index contributed by atoms with van der Waals surface area (Å²) in [5.41, 5.74) is 0. The summed E-state index contributed by atoms with van der Waals surface area (Å²) in [7, 11) is -1.91. The third kappa shape index (κ3) is 4.67. The monoisotopic (exact) mass is 207 g/mol. The molecule has 0 saturated carbocycles. The van der Waals surface area contributed by atoms with E-state index in [1.165, 1.54) is 19.3 Å². The van der Waals surface area contributed by atoms with Gasteiger partial charge in [0, 0.05) is 6.61 Å². The normalized spacial score (nSPS) is 25.3. The highest BCUT2D eigenvalue weighted by Gasteiger charge is 2.23. The van der Waals surface area contributed by atoms with E-state index in [2.05, 4.69) is 6.92 Å². The van der Waals surface area contributed by atoms with E-state index in [0.29, 0.717) is 13.2 Å². The minimum Gasteiger partial charge on any atom is -0.349 e. The van der Waals surface area contributed by atoms with E-state index in [4.69, 9.17) is 13.8 Å². The van der Waals surface area contributed by atoms with Crippen molar-refractivity contribution in [2.24, 2.45) is 0 Å². The molecule has 2 atom stereocenters. The molecule has 1 fully saturated rings. The Bertz CT molecular complexity index is 162. The highest BCUT2D eigenvalue weighted by atomic mass is 31.1. The van der Waals surface area contributed by atoms with Gasteiger partial charge in [0.25, 0.3) is 0 Å². The fourth-order valence-electron chi connectivity index (χ4n) is 1.10. The summed E-state index contributed by atoms with van der Waals surface area (Å²) in [6.45, 7) is 3.12. The number of hydrogen-bond donors (Lipinski definition) is 0. The molecule has 77 valence electrons. The van der Waals surface area contributed by atoms with Crippen molar-refractivity contribution in [2.75, 3.05) is 13.2 Å². The van der Waals surface area contributed by atoms with Crippen LogP contribution in [-0.2, 0) is 18.3 Å². The van der Waals surface area contributed by atoms with Crippen LogP contribution in [0.5, 0.6) is 0 Å². The van der Waals surface area contributed by atoms with Crippen LogP contribution >= 0.6 is 8.25 Å². The molecule has 0 amide bonds. The van der Waals surface area contributed by atoms with Crippen molar-refractivity contribution in [2.45, 2.75) is 38.9 Å². The van der Waals surface area contributed by atoms with Gasteiger partial charge in [-0.2, -0.15) is 0 Å². The first-order valence-electron chi connectivity index (χ1n) is 4.71. The lowest BCUT2D eigenvalue weighted by Crippen LogP contribution is -2.14. The predicted molar refractivity (Wildman–Crippen MR) is 48.5 cm³/mol. The standard InChI is InChI=1S/C8H16O4P/c1-2-3-4-5-6-10-8-7-11-13(9)12-8/h8H,2-7H2,1H3. The van der Waals surface area contributed by atoms with Gasteiger partial charge in [-0.1, -0.05) is 26.2 Å². The summed E-state index contributed by atoms with van der Waals surface area (Å²) < 4.78 is 25.4. The Morgan fingerprint density at radius 3 is 2.92 bits per heavy atom. The molecule has 1 aliphatic rings. The Morgan fingerprint density at radius 2 is 2.31 bits per heavy atom. The predicted octanol–water partition coefficient (Wildman–Crippen LogP) is 2.61. The molecule has 0 spiro atoms. The molecule has 1 radical (unpaired) electrons. The van der Waals surface area contributed by atoms with Crippen LogP contribution in [0.1, 0.15) is 32.6 Å². The van der Waals surface area contributed by atoms with Crippen molar-refractivity contribution in [1.29, 1.82) is 0 Å². The molecular formula is C8H16O4P. The zero-order valence-electron chi connectivity index (χ0n) is 7.90. The highest BCUT2D eigenvalue weighted by Crippen LogP contribution is 2.33. The summed E-state index contributed by atoms with van der Waals surface area (Å²) in [5, 5.41) is 0. The molecular weight excluding hydrogens is 191 g/mol. The third-order valence-corrected chi connectivity index (χ3v) is 2.59. The topological polar surface area (TPSA) is 44.8 Å². The van der Waals surface area contributed by atoms with Gasteiger partial charge in [-0.05, 0) is 6.42 Å². The van der Waals surface area contributed by atoms with Crippen LogP contribution in [0, 0.1) is 0 Å². The SMILES string of the molecule is CCCCCCOC1CO[P](=O)O1. The van der Waals surface area contributed by atoms with Crippen molar-refractivity contribution in [1.82, 2.24) is 0 Å². The first-order chi connectivity index (χ1) is 6.33. The lowest BCUT2D eigenvalue weighted by Gasteiger charge is -2.06. The van der Waals surface area contributed by atoms with Crippen molar-refractivity contribution in [3.05, 3.63) is 0 Å². The summed E-state index contributed by atoms with van der Waals surface area (Å²) in [6.07, 6.45) is 4.25. The third-order valence-electron chi connectivity index (χ3n) is 1.82. The van der Waals surface area contributed by atoms with Crippen LogP contribution in [-0.4, -0.2) is 19.5 Å². The van der Waals surface area contributed by atoms with Crippen LogP contribution in [0.15, 0.2) is 0 Å². The molecule has 0 aromatic heterocycles. The Hall–Kier alpha value is -0.0200. The van der Waals surface area contributed by atoms with E-state index in [-0.39, 0.29) is 0 Å². The van der Waals surface area contributed by atoms with Gasteiger partial charge in [0.2, 0.25) is 0 Å². The second-order valence-corrected chi connectivity index (χ2v) is 3.90. The smallest absolute Gasteiger partial charge is 0.349 e. The molecule has 1 aliphatic heterocycles. The van der Waals surface area contributed by atoms with Crippen LogP contribution in [0.3, 0.4) is 0 Å². The maximum Gasteiger partial charge on any atom is 0.371 e. The number of rotatable bonds is 6. The molecule has 0 bridgehead atoms. The first kappa shape index (κ1) is 11.1. The summed E-state index contributed by atoms with van der Waals surface area (Å²) >= 11 is 0. The molecule has 0 aromatic rings. The van der Waals surface area contributed by atoms with E-state index in [0.717, 1.165) is 6.42 Å². The molecule has 1 saturated heterocycles. The molecule has 4 nitrogen and oxygen atoms in total. The number of hydrogen-bond acceptors (Lipinski definition) is 4. The van der Waals surface area contributed by atoms with Crippen LogP contribution in [0.4, 0.5) is 0 Å². The van der Waals surface area contributed by atoms with Crippen molar-refractivity contribution in [3.63, 3.8) is 0 Å². The van der Waals surface area contributed by atoms with E-state index < -0.39 is 14.5 Å². The molecule has 0 aliphatic carbocycles. The van der Waals surface area contributed by atoms with Crippen LogP contribution in [0.2, 0.25) is 0 Å². The minimum absolute atomic E-state index is 0.295. The van der Waals surface area contributed by atoms with Gasteiger partial charge in [-0.3, -0.25) is 4.52 Å². The van der Waals surface area contributed by atoms with Gasteiger partial charge in [0.05, 0.1) is 0 Å². The maximum absolute atomic E-state index is 10.6. The van der Waals surface area contributed by atoms with Gasteiger partial charge in [0.1, 0.15) is 6.61 Å². The Morgan fingerprint density at radius 1 is 1.46 bits per heavy atom. The quantitative estimate of drug-likeness (QED) is 0.496. The fraction of sp³-hybridized carbons (Fsp3) is 1.00. The molecule has 1 rings (SSSR count). The molecule has 2 unspecified atom stereocenters. The highest BCUT2D eigenvalue weighted by molar-refractivity contribution is 7.33. The molecule has 13 heavy (non-hydrogen) atoms. The zero-order valence-corrected chi connectivity index (χ0v) is 8.79. The second kappa shape index (κ2) is 6.44.